The molecule has 0 saturated heterocycles. The Labute approximate surface area is 106 Å². The van der Waals surface area contributed by atoms with Gasteiger partial charge in [-0.1, -0.05) is 5.16 Å². The van der Waals surface area contributed by atoms with E-state index < -0.39 is 0 Å². The van der Waals surface area contributed by atoms with E-state index in [0.717, 1.165) is 0 Å². The molecule has 0 fully saturated rings. The van der Waals surface area contributed by atoms with Crippen LogP contribution in [0.2, 0.25) is 0 Å². The number of amides is 1. The molecule has 3 N–H and O–H groups in total. The van der Waals surface area contributed by atoms with Crippen molar-refractivity contribution in [3.05, 3.63) is 17.5 Å². The van der Waals surface area contributed by atoms with Gasteiger partial charge in [-0.25, -0.2) is 0 Å². The van der Waals surface area contributed by atoms with Crippen molar-refractivity contribution in [2.24, 2.45) is 17.9 Å². The molecule has 1 aromatic rings. The van der Waals surface area contributed by atoms with Crippen molar-refractivity contribution in [1.29, 1.82) is 0 Å². The maximum absolute atomic E-state index is 12.2. The monoisotopic (exact) mass is 253 g/mol. The summed E-state index contributed by atoms with van der Waals surface area (Å²) >= 11 is 0. The first-order valence-electron chi connectivity index (χ1n) is 5.60. The number of rotatable bonds is 4. The number of nitrogens with two attached hydrogens (primary N) is 1. The van der Waals surface area contributed by atoms with Gasteiger partial charge in [0.25, 0.3) is 5.91 Å². The third kappa shape index (κ3) is 2.99. The van der Waals surface area contributed by atoms with E-state index in [4.69, 9.17) is 10.9 Å². The Hall–Kier alpha value is -2.05. The van der Waals surface area contributed by atoms with Gasteiger partial charge in [0, 0.05) is 32.8 Å². The number of aryl methyl sites for hydroxylation is 2. The molecule has 0 aliphatic heterocycles. The summed E-state index contributed by atoms with van der Waals surface area (Å²) < 4.78 is 1.60. The molecular formula is C11H19N5O2. The van der Waals surface area contributed by atoms with Gasteiger partial charge in [0.05, 0.1) is 11.3 Å². The van der Waals surface area contributed by atoms with Gasteiger partial charge < -0.3 is 15.8 Å². The molecule has 1 rings (SSSR count). The maximum atomic E-state index is 12.2. The first-order valence-corrected chi connectivity index (χ1v) is 5.60. The van der Waals surface area contributed by atoms with Crippen LogP contribution in [0.3, 0.4) is 0 Å². The molecular weight excluding hydrogens is 234 g/mol. The van der Waals surface area contributed by atoms with Crippen LogP contribution >= 0.6 is 0 Å². The summed E-state index contributed by atoms with van der Waals surface area (Å²) in [6.07, 6.45) is 2.00. The van der Waals surface area contributed by atoms with E-state index >= 15 is 0 Å². The molecule has 1 amide bonds. The lowest BCUT2D eigenvalue weighted by atomic mass is 10.1. The molecule has 7 nitrogen and oxygen atoms in total. The minimum Gasteiger partial charge on any atom is -0.409 e. The molecule has 0 aliphatic rings. The Morgan fingerprint density at radius 2 is 2.33 bits per heavy atom. The first-order chi connectivity index (χ1) is 8.36. The summed E-state index contributed by atoms with van der Waals surface area (Å²) in [5, 5.41) is 15.6. The summed E-state index contributed by atoms with van der Waals surface area (Å²) in [4.78, 5) is 13.8. The zero-order valence-corrected chi connectivity index (χ0v) is 11.1. The largest absolute Gasteiger partial charge is 0.409 e. The minimum absolute atomic E-state index is 0.102. The lowest BCUT2D eigenvalue weighted by Crippen LogP contribution is -2.38. The van der Waals surface area contributed by atoms with Crippen molar-refractivity contribution >= 4 is 11.7 Å². The van der Waals surface area contributed by atoms with E-state index in [1.165, 1.54) is 0 Å². The first kappa shape index (κ1) is 14.0. The van der Waals surface area contributed by atoms with E-state index in [9.17, 15) is 4.79 Å². The Kier molecular flexibility index (Phi) is 4.30. The zero-order valence-electron chi connectivity index (χ0n) is 11.1. The number of carbonyl (C=O) groups is 1. The highest BCUT2D eigenvalue weighted by atomic mass is 16.4. The summed E-state index contributed by atoms with van der Waals surface area (Å²) in [5.74, 6) is -0.0242. The van der Waals surface area contributed by atoms with E-state index in [1.54, 1.807) is 36.8 Å². The summed E-state index contributed by atoms with van der Waals surface area (Å²) in [5.41, 5.74) is 6.68. The summed E-state index contributed by atoms with van der Waals surface area (Å²) in [6.45, 7) is 3.62. The molecule has 0 spiro atoms. The van der Waals surface area contributed by atoms with E-state index in [2.05, 4.69) is 10.3 Å². The minimum atomic E-state index is -0.159. The average molecular weight is 253 g/mol. The number of nitrogens with zero attached hydrogens (tertiary/aromatic N) is 4. The highest BCUT2D eigenvalue weighted by molar-refractivity contribution is 5.95. The second-order valence-corrected chi connectivity index (χ2v) is 4.36. The Balaban J connectivity index is 2.81. The van der Waals surface area contributed by atoms with E-state index in [0.29, 0.717) is 17.7 Å². The molecule has 0 radical (unpaired) electrons. The average Bonchev–Trinajstić information content (AvgIpc) is 2.66. The summed E-state index contributed by atoms with van der Waals surface area (Å²) in [7, 11) is 3.45. The van der Waals surface area contributed by atoms with Gasteiger partial charge in [0.2, 0.25) is 0 Å². The van der Waals surface area contributed by atoms with Crippen LogP contribution in [0.15, 0.2) is 11.4 Å². The Morgan fingerprint density at radius 3 is 2.78 bits per heavy atom. The van der Waals surface area contributed by atoms with Gasteiger partial charge in [-0.15, -0.1) is 0 Å². The third-order valence-corrected chi connectivity index (χ3v) is 2.86. The molecule has 0 aliphatic carbocycles. The standard InChI is InChI=1S/C11H19N5O2/c1-7(5-10(12)14-18)16(4)11(17)9-6-15(3)13-8(9)2/h6-7,18H,5H2,1-4H3,(H2,12,14). The topological polar surface area (TPSA) is 96.7 Å². The Bertz CT molecular complexity index is 466. The van der Waals surface area contributed by atoms with Crippen molar-refractivity contribution < 1.29 is 10.0 Å². The maximum Gasteiger partial charge on any atom is 0.257 e. The van der Waals surface area contributed by atoms with E-state index in [-0.39, 0.29) is 17.8 Å². The van der Waals surface area contributed by atoms with Gasteiger partial charge in [0.1, 0.15) is 5.84 Å². The zero-order chi connectivity index (χ0) is 13.9. The van der Waals surface area contributed by atoms with Crippen molar-refractivity contribution in [2.75, 3.05) is 7.05 Å². The lowest BCUT2D eigenvalue weighted by Gasteiger charge is -2.24. The molecule has 7 heteroatoms. The van der Waals surface area contributed by atoms with Gasteiger partial charge in [-0.05, 0) is 13.8 Å². The van der Waals surface area contributed by atoms with Crippen LogP contribution in [0.4, 0.5) is 0 Å². The number of hydrogen-bond donors (Lipinski definition) is 2. The predicted molar refractivity (Wildman–Crippen MR) is 67.5 cm³/mol. The van der Waals surface area contributed by atoms with E-state index in [1.807, 2.05) is 6.92 Å². The number of hydrogen-bond acceptors (Lipinski definition) is 4. The Morgan fingerprint density at radius 1 is 1.72 bits per heavy atom. The number of amidine groups is 1. The van der Waals surface area contributed by atoms with Crippen LogP contribution in [0.1, 0.15) is 29.4 Å². The van der Waals surface area contributed by atoms with Crippen LogP contribution in [-0.4, -0.2) is 44.7 Å². The molecule has 18 heavy (non-hydrogen) atoms. The fourth-order valence-corrected chi connectivity index (χ4v) is 1.68. The molecule has 0 saturated carbocycles. The molecule has 1 heterocycles. The van der Waals surface area contributed by atoms with Crippen LogP contribution < -0.4 is 5.73 Å². The molecule has 100 valence electrons. The smallest absolute Gasteiger partial charge is 0.257 e. The van der Waals surface area contributed by atoms with Crippen molar-refractivity contribution in [2.45, 2.75) is 26.3 Å². The van der Waals surface area contributed by atoms with Crippen molar-refractivity contribution in [1.82, 2.24) is 14.7 Å². The molecule has 1 aromatic heterocycles. The molecule has 1 unspecified atom stereocenters. The van der Waals surface area contributed by atoms with Crippen LogP contribution in [0.25, 0.3) is 0 Å². The second-order valence-electron chi connectivity index (χ2n) is 4.36. The molecule has 1 atom stereocenters. The highest BCUT2D eigenvalue weighted by Crippen LogP contribution is 2.11. The van der Waals surface area contributed by atoms with Gasteiger partial charge in [-0.2, -0.15) is 5.10 Å². The van der Waals surface area contributed by atoms with Gasteiger partial charge >= 0.3 is 0 Å². The van der Waals surface area contributed by atoms with Crippen LogP contribution in [-0.2, 0) is 7.05 Å². The molecule has 0 aromatic carbocycles. The quantitative estimate of drug-likeness (QED) is 0.349. The lowest BCUT2D eigenvalue weighted by molar-refractivity contribution is 0.0746. The number of aromatic nitrogens is 2. The second kappa shape index (κ2) is 5.52. The van der Waals surface area contributed by atoms with Crippen molar-refractivity contribution in [3.63, 3.8) is 0 Å². The van der Waals surface area contributed by atoms with Gasteiger partial charge in [0.15, 0.2) is 0 Å². The normalized spacial score (nSPS) is 13.4. The van der Waals surface area contributed by atoms with Crippen LogP contribution in [0.5, 0.6) is 0 Å². The number of oxime groups is 1. The third-order valence-electron chi connectivity index (χ3n) is 2.86. The fraction of sp³-hybridized carbons (Fsp3) is 0.545. The summed E-state index contributed by atoms with van der Waals surface area (Å²) in [6, 6.07) is -0.159. The SMILES string of the molecule is Cc1nn(C)cc1C(=O)N(C)C(C)CC(N)=NO. The van der Waals surface area contributed by atoms with Crippen LogP contribution in [0, 0.1) is 6.92 Å². The highest BCUT2D eigenvalue weighted by Gasteiger charge is 2.21. The van der Waals surface area contributed by atoms with Gasteiger partial charge in [-0.3, -0.25) is 9.48 Å². The predicted octanol–water partition coefficient (Wildman–Crippen LogP) is 0.326. The fourth-order valence-electron chi connectivity index (χ4n) is 1.68. The van der Waals surface area contributed by atoms with Crippen molar-refractivity contribution in [3.8, 4) is 0 Å². The number of carbonyl (C=O) groups excluding carboxylic acids is 1. The molecule has 0 bridgehead atoms.